The molecule has 0 aliphatic heterocycles. The Kier molecular flexibility index (Phi) is 5.59. The highest BCUT2D eigenvalue weighted by Gasteiger charge is 2.12. The van der Waals surface area contributed by atoms with Gasteiger partial charge in [0.15, 0.2) is 0 Å². The van der Waals surface area contributed by atoms with Crippen molar-refractivity contribution in [1.82, 2.24) is 9.97 Å². The molecule has 1 aromatic carbocycles. The number of anilines is 1. The van der Waals surface area contributed by atoms with Gasteiger partial charge in [-0.25, -0.2) is 15.8 Å². The summed E-state index contributed by atoms with van der Waals surface area (Å²) in [6, 6.07) is 10.1. The van der Waals surface area contributed by atoms with Crippen LogP contribution in [-0.2, 0) is 5.75 Å². The molecule has 5 heteroatoms. The first-order valence-electron chi connectivity index (χ1n) is 7.09. The first-order valence-corrected chi connectivity index (χ1v) is 8.24. The van der Waals surface area contributed by atoms with Gasteiger partial charge in [0.1, 0.15) is 11.6 Å². The Balaban J connectivity index is 2.31. The highest BCUT2D eigenvalue weighted by molar-refractivity contribution is 7.98. The molecule has 0 unspecified atom stereocenters. The van der Waals surface area contributed by atoms with Gasteiger partial charge in [-0.15, -0.1) is 0 Å². The average Bonchev–Trinajstić information content (AvgIpc) is 2.49. The molecule has 2 rings (SSSR count). The zero-order valence-electron chi connectivity index (χ0n) is 12.8. The van der Waals surface area contributed by atoms with Crippen molar-refractivity contribution in [3.05, 3.63) is 41.7 Å². The van der Waals surface area contributed by atoms with E-state index in [0.717, 1.165) is 34.2 Å². The molecule has 0 spiro atoms. The molecule has 0 amide bonds. The van der Waals surface area contributed by atoms with E-state index >= 15 is 0 Å². The second kappa shape index (κ2) is 7.43. The van der Waals surface area contributed by atoms with E-state index in [4.69, 9.17) is 10.8 Å². The summed E-state index contributed by atoms with van der Waals surface area (Å²) in [5.74, 6) is 9.68. The number of hydrazine groups is 1. The summed E-state index contributed by atoms with van der Waals surface area (Å²) in [6.45, 7) is 6.42. The van der Waals surface area contributed by atoms with E-state index in [-0.39, 0.29) is 0 Å². The van der Waals surface area contributed by atoms with E-state index in [1.807, 2.05) is 36.9 Å². The van der Waals surface area contributed by atoms with Crippen LogP contribution in [0.1, 0.15) is 25.2 Å². The first kappa shape index (κ1) is 15.8. The van der Waals surface area contributed by atoms with Crippen molar-refractivity contribution in [2.24, 2.45) is 11.8 Å². The number of rotatable bonds is 6. The Morgan fingerprint density at radius 3 is 2.52 bits per heavy atom. The van der Waals surface area contributed by atoms with Crippen LogP contribution in [0.4, 0.5) is 5.82 Å². The lowest BCUT2D eigenvalue weighted by atomic mass is 10.1. The molecule has 0 saturated heterocycles. The summed E-state index contributed by atoms with van der Waals surface area (Å²) >= 11 is 1.85. The van der Waals surface area contributed by atoms with Crippen molar-refractivity contribution < 1.29 is 0 Å². The van der Waals surface area contributed by atoms with E-state index in [0.29, 0.717) is 11.7 Å². The topological polar surface area (TPSA) is 63.8 Å². The first-order chi connectivity index (χ1) is 10.1. The number of hydrogen-bond acceptors (Lipinski definition) is 5. The number of thioether (sulfide) groups is 1. The molecule has 0 saturated carbocycles. The smallest absolute Gasteiger partial charge is 0.147 e. The predicted molar refractivity (Wildman–Crippen MR) is 91.0 cm³/mol. The van der Waals surface area contributed by atoms with Crippen LogP contribution >= 0.6 is 11.8 Å². The van der Waals surface area contributed by atoms with Gasteiger partial charge in [-0.05, 0) is 18.6 Å². The Bertz CT molecular complexity index is 584. The van der Waals surface area contributed by atoms with E-state index in [9.17, 15) is 0 Å². The summed E-state index contributed by atoms with van der Waals surface area (Å²) < 4.78 is 0. The average molecular weight is 302 g/mol. The van der Waals surface area contributed by atoms with Crippen molar-refractivity contribution in [2.45, 2.75) is 26.5 Å². The molecular formula is C16H22N4S. The van der Waals surface area contributed by atoms with Crippen LogP contribution in [0, 0.1) is 12.8 Å². The lowest BCUT2D eigenvalue weighted by Crippen LogP contribution is -2.13. The molecular weight excluding hydrogens is 280 g/mol. The maximum Gasteiger partial charge on any atom is 0.147 e. The molecule has 0 atom stereocenters. The normalized spacial score (nSPS) is 10.9. The third kappa shape index (κ3) is 4.19. The third-order valence-electron chi connectivity index (χ3n) is 3.06. The van der Waals surface area contributed by atoms with Gasteiger partial charge in [0.2, 0.25) is 0 Å². The summed E-state index contributed by atoms with van der Waals surface area (Å²) in [6.07, 6.45) is 0. The van der Waals surface area contributed by atoms with Crippen molar-refractivity contribution in [3.8, 4) is 11.3 Å². The molecule has 0 radical (unpaired) electrons. The Morgan fingerprint density at radius 1 is 1.19 bits per heavy atom. The molecule has 0 aliphatic carbocycles. The lowest BCUT2D eigenvalue weighted by molar-refractivity contribution is 0.749. The molecule has 0 aliphatic rings. The van der Waals surface area contributed by atoms with Crippen LogP contribution in [0.3, 0.4) is 0 Å². The summed E-state index contributed by atoms with van der Waals surface area (Å²) in [5.41, 5.74) is 5.69. The highest BCUT2D eigenvalue weighted by atomic mass is 32.2. The minimum atomic E-state index is 0.668. The largest absolute Gasteiger partial charge is 0.308 e. The van der Waals surface area contributed by atoms with Crippen LogP contribution in [0.5, 0.6) is 0 Å². The van der Waals surface area contributed by atoms with Crippen molar-refractivity contribution in [2.75, 3.05) is 11.2 Å². The summed E-state index contributed by atoms with van der Waals surface area (Å²) in [5, 5.41) is 0. The van der Waals surface area contributed by atoms with Gasteiger partial charge in [0, 0.05) is 11.1 Å². The van der Waals surface area contributed by atoms with Crippen LogP contribution < -0.4 is 11.3 Å². The minimum Gasteiger partial charge on any atom is -0.308 e. The zero-order chi connectivity index (χ0) is 15.2. The highest BCUT2D eigenvalue weighted by Crippen LogP contribution is 2.26. The molecule has 4 nitrogen and oxygen atoms in total. The van der Waals surface area contributed by atoms with Gasteiger partial charge in [0.25, 0.3) is 0 Å². The fraction of sp³-hybridized carbons (Fsp3) is 0.375. The van der Waals surface area contributed by atoms with Gasteiger partial charge in [-0.1, -0.05) is 44.2 Å². The van der Waals surface area contributed by atoms with Crippen LogP contribution in [-0.4, -0.2) is 15.7 Å². The van der Waals surface area contributed by atoms with Gasteiger partial charge in [-0.3, -0.25) is 0 Å². The van der Waals surface area contributed by atoms with Crippen LogP contribution in [0.2, 0.25) is 0 Å². The van der Waals surface area contributed by atoms with Crippen LogP contribution in [0.15, 0.2) is 30.3 Å². The van der Waals surface area contributed by atoms with Crippen molar-refractivity contribution >= 4 is 17.6 Å². The van der Waals surface area contributed by atoms with E-state index < -0.39 is 0 Å². The molecule has 1 aromatic heterocycles. The molecule has 2 aromatic rings. The SMILES string of the molecule is Cc1c(NN)nc(CSCC(C)C)nc1-c1ccccc1. The summed E-state index contributed by atoms with van der Waals surface area (Å²) in [7, 11) is 0. The van der Waals surface area contributed by atoms with E-state index in [2.05, 4.69) is 36.4 Å². The number of nitrogens with one attached hydrogen (secondary N) is 1. The maximum absolute atomic E-state index is 5.60. The fourth-order valence-electron chi connectivity index (χ4n) is 2.03. The summed E-state index contributed by atoms with van der Waals surface area (Å²) in [4.78, 5) is 9.23. The van der Waals surface area contributed by atoms with E-state index in [1.165, 1.54) is 0 Å². The van der Waals surface area contributed by atoms with Gasteiger partial charge in [0.05, 0.1) is 11.4 Å². The number of nitrogen functional groups attached to an aromatic ring is 1. The zero-order valence-corrected chi connectivity index (χ0v) is 13.6. The quantitative estimate of drug-likeness (QED) is 0.630. The number of nitrogens with zero attached hydrogens (tertiary/aromatic N) is 2. The monoisotopic (exact) mass is 302 g/mol. The van der Waals surface area contributed by atoms with Crippen molar-refractivity contribution in [3.63, 3.8) is 0 Å². The van der Waals surface area contributed by atoms with Gasteiger partial charge in [-0.2, -0.15) is 11.8 Å². The Hall–Kier alpha value is -1.59. The van der Waals surface area contributed by atoms with Gasteiger partial charge >= 0.3 is 0 Å². The molecule has 0 fully saturated rings. The predicted octanol–water partition coefficient (Wildman–Crippen LogP) is 3.63. The van der Waals surface area contributed by atoms with Gasteiger partial charge < -0.3 is 5.43 Å². The maximum atomic E-state index is 5.60. The molecule has 3 N–H and O–H groups in total. The molecule has 0 bridgehead atoms. The number of aromatic nitrogens is 2. The standard InChI is InChI=1S/C16H22N4S/c1-11(2)9-21-10-14-18-15(12(3)16(19-14)20-17)13-7-5-4-6-8-13/h4-8,11H,9-10,17H2,1-3H3,(H,18,19,20). The number of hydrogen-bond donors (Lipinski definition) is 2. The molecule has 21 heavy (non-hydrogen) atoms. The Morgan fingerprint density at radius 2 is 1.90 bits per heavy atom. The number of benzene rings is 1. The van der Waals surface area contributed by atoms with E-state index in [1.54, 1.807) is 0 Å². The lowest BCUT2D eigenvalue weighted by Gasteiger charge is -2.12. The Labute approximate surface area is 130 Å². The fourth-order valence-corrected chi connectivity index (χ4v) is 2.93. The second-order valence-corrected chi connectivity index (χ2v) is 6.41. The van der Waals surface area contributed by atoms with Crippen molar-refractivity contribution in [1.29, 1.82) is 0 Å². The number of nitrogens with two attached hydrogens (primary N) is 1. The minimum absolute atomic E-state index is 0.668. The molecule has 112 valence electrons. The second-order valence-electron chi connectivity index (χ2n) is 5.38. The molecule has 1 heterocycles. The third-order valence-corrected chi connectivity index (χ3v) is 4.42. The van der Waals surface area contributed by atoms with Crippen LogP contribution in [0.25, 0.3) is 11.3 Å².